The van der Waals surface area contributed by atoms with Crippen LogP contribution in [-0.4, -0.2) is 24.5 Å². The molecular formula is C11H14N2O3. The molecular weight excluding hydrogens is 208 g/mol. The lowest BCUT2D eigenvalue weighted by molar-refractivity contribution is 0.0596. The average molecular weight is 222 g/mol. The largest absolute Gasteiger partial charge is 0.507 e. The minimum absolute atomic E-state index is 0.113. The number of nitrogens with zero attached hydrogens (tertiary/aromatic N) is 1. The molecule has 0 atom stereocenters. The molecule has 0 aliphatic carbocycles. The first-order valence-corrected chi connectivity index (χ1v) is 4.68. The Morgan fingerprint density at radius 3 is 2.69 bits per heavy atom. The smallest absolute Gasteiger partial charge is 0.341 e. The maximum Gasteiger partial charge on any atom is 0.341 e. The lowest BCUT2D eigenvalue weighted by atomic mass is 10.0. The van der Waals surface area contributed by atoms with Gasteiger partial charge in [-0.05, 0) is 31.0 Å². The first-order valence-electron chi connectivity index (χ1n) is 4.68. The van der Waals surface area contributed by atoms with Crippen LogP contribution in [0.5, 0.6) is 5.75 Å². The molecule has 0 aromatic heterocycles. The lowest BCUT2D eigenvalue weighted by Crippen LogP contribution is -2.05. The molecule has 16 heavy (non-hydrogen) atoms. The van der Waals surface area contributed by atoms with Gasteiger partial charge in [-0.3, -0.25) is 0 Å². The summed E-state index contributed by atoms with van der Waals surface area (Å²) in [4.78, 5) is 15.4. The average Bonchev–Trinajstić information content (AvgIpc) is 2.23. The fourth-order valence-electron chi connectivity index (χ4n) is 1.58. The van der Waals surface area contributed by atoms with Crippen molar-refractivity contribution < 1.29 is 14.6 Å². The first-order chi connectivity index (χ1) is 7.52. The third kappa shape index (κ3) is 1.98. The van der Waals surface area contributed by atoms with Gasteiger partial charge in [0.2, 0.25) is 0 Å². The third-order valence-electron chi connectivity index (χ3n) is 2.31. The summed E-state index contributed by atoms with van der Waals surface area (Å²) in [5.74, 6) is -0.707. The van der Waals surface area contributed by atoms with E-state index in [9.17, 15) is 9.90 Å². The van der Waals surface area contributed by atoms with Crippen LogP contribution in [-0.2, 0) is 4.74 Å². The Hall–Kier alpha value is -2.04. The van der Waals surface area contributed by atoms with Crippen molar-refractivity contribution in [1.29, 1.82) is 0 Å². The molecule has 0 saturated heterocycles. The highest BCUT2D eigenvalue weighted by atomic mass is 16.5. The van der Waals surface area contributed by atoms with Crippen LogP contribution in [0.3, 0.4) is 0 Å². The second-order valence-corrected chi connectivity index (χ2v) is 3.33. The number of benzene rings is 1. The number of nitrogens with two attached hydrogens (primary N) is 1. The number of ether oxygens (including phenoxy) is 1. The zero-order valence-corrected chi connectivity index (χ0v) is 9.44. The van der Waals surface area contributed by atoms with Gasteiger partial charge in [-0.2, -0.15) is 0 Å². The third-order valence-corrected chi connectivity index (χ3v) is 2.31. The van der Waals surface area contributed by atoms with Crippen molar-refractivity contribution >= 4 is 18.0 Å². The molecule has 3 N–H and O–H groups in total. The van der Waals surface area contributed by atoms with Crippen LogP contribution in [0.2, 0.25) is 0 Å². The van der Waals surface area contributed by atoms with E-state index in [-0.39, 0.29) is 11.3 Å². The van der Waals surface area contributed by atoms with E-state index in [1.54, 1.807) is 13.8 Å². The summed E-state index contributed by atoms with van der Waals surface area (Å²) >= 11 is 0. The lowest BCUT2D eigenvalue weighted by Gasteiger charge is -2.11. The van der Waals surface area contributed by atoms with Crippen molar-refractivity contribution in [1.82, 2.24) is 0 Å². The van der Waals surface area contributed by atoms with E-state index in [0.29, 0.717) is 11.3 Å². The predicted octanol–water partition coefficient (Wildman–Crippen LogP) is 1.41. The Kier molecular flexibility index (Phi) is 3.50. The van der Waals surface area contributed by atoms with E-state index in [4.69, 9.17) is 5.73 Å². The fraction of sp³-hybridized carbons (Fsp3) is 0.273. The van der Waals surface area contributed by atoms with E-state index in [2.05, 4.69) is 9.73 Å². The zero-order valence-electron chi connectivity index (χ0n) is 9.44. The highest BCUT2D eigenvalue weighted by molar-refractivity contribution is 5.96. The van der Waals surface area contributed by atoms with Crippen molar-refractivity contribution in [2.45, 2.75) is 13.8 Å². The number of aromatic hydroxyl groups is 1. The van der Waals surface area contributed by atoms with Crippen LogP contribution in [0, 0.1) is 13.8 Å². The maximum atomic E-state index is 11.5. The molecule has 0 amide bonds. The van der Waals surface area contributed by atoms with Crippen molar-refractivity contribution in [2.75, 3.05) is 7.11 Å². The Bertz CT molecular complexity index is 453. The van der Waals surface area contributed by atoms with Crippen molar-refractivity contribution in [3.63, 3.8) is 0 Å². The molecule has 0 bridgehead atoms. The summed E-state index contributed by atoms with van der Waals surface area (Å²) in [7, 11) is 1.26. The zero-order chi connectivity index (χ0) is 12.3. The number of hydrogen-bond acceptors (Lipinski definition) is 4. The molecule has 0 fully saturated rings. The number of methoxy groups -OCH3 is 1. The quantitative estimate of drug-likeness (QED) is 0.450. The Balaban J connectivity index is 3.50. The van der Waals surface area contributed by atoms with Crippen LogP contribution < -0.4 is 5.73 Å². The number of hydrogen-bond donors (Lipinski definition) is 2. The predicted molar refractivity (Wildman–Crippen MR) is 61.3 cm³/mol. The van der Waals surface area contributed by atoms with Gasteiger partial charge in [-0.25, -0.2) is 9.79 Å². The Morgan fingerprint density at radius 1 is 1.56 bits per heavy atom. The molecule has 0 heterocycles. The van der Waals surface area contributed by atoms with Gasteiger partial charge < -0.3 is 15.6 Å². The standard InChI is InChI=1S/C11H14N2O3/c1-6-4-8(14)9(11(15)16-3)7(2)10(6)13-5-12/h4-5,14H,1-3H3,(H2,12,13). The first kappa shape index (κ1) is 12.0. The van der Waals surface area contributed by atoms with Gasteiger partial charge in [-0.15, -0.1) is 0 Å². The van der Waals surface area contributed by atoms with Gasteiger partial charge in [-0.1, -0.05) is 0 Å². The second-order valence-electron chi connectivity index (χ2n) is 3.33. The Morgan fingerprint density at radius 2 is 2.19 bits per heavy atom. The maximum absolute atomic E-state index is 11.5. The van der Waals surface area contributed by atoms with Gasteiger partial charge in [0.15, 0.2) is 0 Å². The SMILES string of the molecule is COC(=O)c1c(O)cc(C)c(/N=C\N)c1C. The molecule has 1 aromatic carbocycles. The summed E-state index contributed by atoms with van der Waals surface area (Å²) in [6.07, 6.45) is 1.15. The number of esters is 1. The van der Waals surface area contributed by atoms with E-state index >= 15 is 0 Å². The highest BCUT2D eigenvalue weighted by Crippen LogP contribution is 2.33. The molecule has 0 aliphatic rings. The second kappa shape index (κ2) is 4.65. The van der Waals surface area contributed by atoms with Crippen LogP contribution >= 0.6 is 0 Å². The molecule has 1 rings (SSSR count). The summed E-state index contributed by atoms with van der Waals surface area (Å²) in [5, 5.41) is 9.68. The number of rotatable bonds is 2. The molecule has 0 spiro atoms. The normalized spacial score (nSPS) is 10.7. The minimum atomic E-state index is -0.594. The monoisotopic (exact) mass is 222 g/mol. The van der Waals surface area contributed by atoms with E-state index in [0.717, 1.165) is 11.9 Å². The van der Waals surface area contributed by atoms with Crippen molar-refractivity contribution in [3.8, 4) is 5.75 Å². The van der Waals surface area contributed by atoms with Crippen LogP contribution in [0.25, 0.3) is 0 Å². The van der Waals surface area contributed by atoms with E-state index in [1.165, 1.54) is 13.2 Å². The molecule has 0 aliphatic heterocycles. The number of carbonyl (C=O) groups excluding carboxylic acids is 1. The summed E-state index contributed by atoms with van der Waals surface area (Å²) < 4.78 is 4.59. The van der Waals surface area contributed by atoms with Crippen molar-refractivity contribution in [2.24, 2.45) is 10.7 Å². The highest BCUT2D eigenvalue weighted by Gasteiger charge is 2.19. The molecule has 0 radical (unpaired) electrons. The van der Waals surface area contributed by atoms with Gasteiger partial charge in [0.25, 0.3) is 0 Å². The van der Waals surface area contributed by atoms with Gasteiger partial charge >= 0.3 is 5.97 Å². The summed E-state index contributed by atoms with van der Waals surface area (Å²) in [6.45, 7) is 3.46. The van der Waals surface area contributed by atoms with Crippen LogP contribution in [0.1, 0.15) is 21.5 Å². The van der Waals surface area contributed by atoms with Gasteiger partial charge in [0, 0.05) is 0 Å². The topological polar surface area (TPSA) is 84.9 Å². The van der Waals surface area contributed by atoms with Crippen LogP contribution in [0.4, 0.5) is 5.69 Å². The van der Waals surface area contributed by atoms with Gasteiger partial charge in [0.1, 0.15) is 11.3 Å². The number of aryl methyl sites for hydroxylation is 1. The van der Waals surface area contributed by atoms with Crippen LogP contribution in [0.15, 0.2) is 11.1 Å². The molecule has 0 unspecified atom stereocenters. The number of aliphatic imine (C=N–C) groups is 1. The van der Waals surface area contributed by atoms with E-state index in [1.807, 2.05) is 0 Å². The Labute approximate surface area is 93.6 Å². The molecule has 5 heteroatoms. The molecule has 1 aromatic rings. The molecule has 0 saturated carbocycles. The van der Waals surface area contributed by atoms with E-state index < -0.39 is 5.97 Å². The summed E-state index contributed by atoms with van der Waals surface area (Å²) in [5.41, 5.74) is 7.20. The number of phenolic OH excluding ortho intramolecular Hbond substituents is 1. The van der Waals surface area contributed by atoms with Crippen molar-refractivity contribution in [3.05, 3.63) is 22.8 Å². The van der Waals surface area contributed by atoms with Gasteiger partial charge in [0.05, 0.1) is 19.1 Å². The number of phenols is 1. The molecule has 86 valence electrons. The fourth-order valence-corrected chi connectivity index (χ4v) is 1.58. The molecule has 5 nitrogen and oxygen atoms in total. The minimum Gasteiger partial charge on any atom is -0.507 e. The summed E-state index contributed by atoms with van der Waals surface area (Å²) in [6, 6.07) is 1.46. The number of carbonyl (C=O) groups is 1.